The molecule has 0 saturated carbocycles. The molecular weight excluding hydrogens is 425 g/mol. The summed E-state index contributed by atoms with van der Waals surface area (Å²) in [5.74, 6) is -0.549. The standard InChI is InChI=1S/C14H7F6IO/c15-13(16,17)10-6-3-5-9(12(10)21)8-4-1-2-7-11(8)22-14(18,19)20/h1-7H. The molecule has 0 fully saturated rings. The minimum Gasteiger partial charge on any atom is -0.405 e. The van der Waals surface area contributed by atoms with Crippen LogP contribution in [0.4, 0.5) is 26.3 Å². The average molecular weight is 432 g/mol. The van der Waals surface area contributed by atoms with Crippen molar-refractivity contribution >= 4 is 22.6 Å². The second kappa shape index (κ2) is 5.98. The van der Waals surface area contributed by atoms with Crippen molar-refractivity contribution in [3.05, 3.63) is 51.6 Å². The minimum absolute atomic E-state index is 0.0234. The Morgan fingerprint density at radius 3 is 1.95 bits per heavy atom. The number of halogens is 7. The molecule has 0 bridgehead atoms. The van der Waals surface area contributed by atoms with Crippen molar-refractivity contribution in [3.63, 3.8) is 0 Å². The van der Waals surface area contributed by atoms with Crippen LogP contribution in [0.25, 0.3) is 11.1 Å². The largest absolute Gasteiger partial charge is 0.573 e. The van der Waals surface area contributed by atoms with Gasteiger partial charge in [0.1, 0.15) is 5.75 Å². The summed E-state index contributed by atoms with van der Waals surface area (Å²) in [6, 6.07) is 8.40. The van der Waals surface area contributed by atoms with E-state index in [1.807, 2.05) is 0 Å². The minimum atomic E-state index is -4.93. The lowest BCUT2D eigenvalue weighted by Crippen LogP contribution is -2.17. The van der Waals surface area contributed by atoms with Crippen LogP contribution in [0.2, 0.25) is 0 Å². The molecule has 0 radical (unpaired) electrons. The third-order valence-electron chi connectivity index (χ3n) is 2.71. The van der Waals surface area contributed by atoms with Gasteiger partial charge in [-0.2, -0.15) is 13.2 Å². The van der Waals surface area contributed by atoms with E-state index in [4.69, 9.17) is 0 Å². The molecule has 2 rings (SSSR count). The molecule has 0 aliphatic rings. The highest BCUT2D eigenvalue weighted by molar-refractivity contribution is 14.1. The van der Waals surface area contributed by atoms with Crippen molar-refractivity contribution in [2.75, 3.05) is 0 Å². The van der Waals surface area contributed by atoms with E-state index in [0.717, 1.165) is 18.2 Å². The number of ether oxygens (including phenoxy) is 1. The SMILES string of the molecule is FC(F)(F)Oc1ccccc1-c1cccc(C(F)(F)F)c1I. The van der Waals surface area contributed by atoms with E-state index in [0.29, 0.717) is 0 Å². The molecule has 2 aromatic rings. The fourth-order valence-electron chi connectivity index (χ4n) is 1.86. The van der Waals surface area contributed by atoms with Gasteiger partial charge >= 0.3 is 12.5 Å². The fourth-order valence-corrected chi connectivity index (χ4v) is 2.82. The van der Waals surface area contributed by atoms with Gasteiger partial charge in [-0.3, -0.25) is 0 Å². The smallest absolute Gasteiger partial charge is 0.405 e. The molecule has 0 saturated heterocycles. The summed E-state index contributed by atoms with van der Waals surface area (Å²) in [5, 5.41) is 0. The predicted molar refractivity (Wildman–Crippen MR) is 76.3 cm³/mol. The normalized spacial score (nSPS) is 12.3. The molecule has 2 aromatic carbocycles. The highest BCUT2D eigenvalue weighted by atomic mass is 127. The Hall–Kier alpha value is -1.45. The van der Waals surface area contributed by atoms with E-state index in [9.17, 15) is 26.3 Å². The number of para-hydroxylation sites is 1. The molecule has 0 aliphatic heterocycles. The number of hydrogen-bond donors (Lipinski definition) is 0. The van der Waals surface area contributed by atoms with Crippen molar-refractivity contribution in [1.82, 2.24) is 0 Å². The van der Waals surface area contributed by atoms with Gasteiger partial charge in [0.25, 0.3) is 0 Å². The highest BCUT2D eigenvalue weighted by Gasteiger charge is 2.35. The Labute approximate surface area is 135 Å². The molecule has 22 heavy (non-hydrogen) atoms. The summed E-state index contributed by atoms with van der Waals surface area (Å²) >= 11 is 1.47. The van der Waals surface area contributed by atoms with Gasteiger partial charge in [0, 0.05) is 9.13 Å². The molecule has 0 heterocycles. The molecule has 0 amide bonds. The van der Waals surface area contributed by atoms with Gasteiger partial charge in [-0.1, -0.05) is 30.3 Å². The highest BCUT2D eigenvalue weighted by Crippen LogP contribution is 2.40. The van der Waals surface area contributed by atoms with Gasteiger partial charge in [0.15, 0.2) is 0 Å². The van der Waals surface area contributed by atoms with Crippen molar-refractivity contribution in [2.24, 2.45) is 0 Å². The molecule has 0 spiro atoms. The Morgan fingerprint density at radius 2 is 1.36 bits per heavy atom. The summed E-state index contributed by atoms with van der Waals surface area (Å²) in [6.07, 6.45) is -9.52. The monoisotopic (exact) mass is 432 g/mol. The van der Waals surface area contributed by atoms with Crippen LogP contribution in [0, 0.1) is 3.57 Å². The molecular formula is C14H7F6IO. The zero-order chi connectivity index (χ0) is 16.5. The molecule has 0 aliphatic carbocycles. The number of hydrogen-bond acceptors (Lipinski definition) is 1. The maximum atomic E-state index is 12.9. The van der Waals surface area contributed by atoms with Crippen LogP contribution >= 0.6 is 22.6 Å². The lowest BCUT2D eigenvalue weighted by Gasteiger charge is -2.16. The Morgan fingerprint density at radius 1 is 0.773 bits per heavy atom. The van der Waals surface area contributed by atoms with Crippen molar-refractivity contribution < 1.29 is 31.1 Å². The van der Waals surface area contributed by atoms with Crippen LogP contribution in [-0.2, 0) is 6.18 Å². The van der Waals surface area contributed by atoms with Gasteiger partial charge < -0.3 is 4.74 Å². The lowest BCUT2D eigenvalue weighted by molar-refractivity contribution is -0.274. The summed E-state index contributed by atoms with van der Waals surface area (Å²) < 4.78 is 79.6. The topological polar surface area (TPSA) is 9.23 Å². The van der Waals surface area contributed by atoms with E-state index in [1.54, 1.807) is 0 Å². The van der Waals surface area contributed by atoms with E-state index in [2.05, 4.69) is 4.74 Å². The molecule has 0 atom stereocenters. The number of benzene rings is 2. The van der Waals surface area contributed by atoms with Crippen molar-refractivity contribution in [1.29, 1.82) is 0 Å². The average Bonchev–Trinajstić information content (AvgIpc) is 2.37. The van der Waals surface area contributed by atoms with Crippen LogP contribution in [0.3, 0.4) is 0 Å². The second-order valence-electron chi connectivity index (χ2n) is 4.21. The van der Waals surface area contributed by atoms with E-state index in [-0.39, 0.29) is 14.7 Å². The van der Waals surface area contributed by atoms with Crippen molar-refractivity contribution in [2.45, 2.75) is 12.5 Å². The molecule has 8 heteroatoms. The molecule has 0 aromatic heterocycles. The van der Waals surface area contributed by atoms with Gasteiger partial charge in [0.2, 0.25) is 0 Å². The maximum absolute atomic E-state index is 12.9. The van der Waals surface area contributed by atoms with Gasteiger partial charge in [-0.15, -0.1) is 13.2 Å². The summed E-state index contributed by atoms with van der Waals surface area (Å²) in [7, 11) is 0. The van der Waals surface area contributed by atoms with Crippen LogP contribution in [0.1, 0.15) is 5.56 Å². The number of rotatable bonds is 2. The summed E-state index contributed by atoms with van der Waals surface area (Å²) in [6.45, 7) is 0. The summed E-state index contributed by atoms with van der Waals surface area (Å²) in [5.41, 5.74) is -0.946. The first-order valence-corrected chi connectivity index (χ1v) is 6.88. The first-order valence-electron chi connectivity index (χ1n) is 5.80. The molecule has 118 valence electrons. The quantitative estimate of drug-likeness (QED) is 0.426. The van der Waals surface area contributed by atoms with Gasteiger partial charge in [-0.25, -0.2) is 0 Å². The van der Waals surface area contributed by atoms with Gasteiger partial charge in [-0.05, 0) is 40.3 Å². The van der Waals surface area contributed by atoms with Crippen LogP contribution in [0.15, 0.2) is 42.5 Å². The summed E-state index contributed by atoms with van der Waals surface area (Å²) in [4.78, 5) is 0. The van der Waals surface area contributed by atoms with Crippen LogP contribution in [-0.4, -0.2) is 6.36 Å². The lowest BCUT2D eigenvalue weighted by atomic mass is 10.0. The van der Waals surface area contributed by atoms with Crippen LogP contribution in [0.5, 0.6) is 5.75 Å². The number of alkyl halides is 6. The third-order valence-corrected chi connectivity index (χ3v) is 3.87. The molecule has 0 N–H and O–H groups in total. The van der Waals surface area contributed by atoms with E-state index >= 15 is 0 Å². The van der Waals surface area contributed by atoms with E-state index < -0.39 is 23.9 Å². The molecule has 0 unspecified atom stereocenters. The van der Waals surface area contributed by atoms with Gasteiger partial charge in [0.05, 0.1) is 5.56 Å². The first-order chi connectivity index (χ1) is 10.1. The third kappa shape index (κ3) is 3.84. The second-order valence-corrected chi connectivity index (χ2v) is 5.29. The zero-order valence-electron chi connectivity index (χ0n) is 10.6. The first kappa shape index (κ1) is 16.9. The Bertz CT molecular complexity index is 678. The predicted octanol–water partition coefficient (Wildman–Crippen LogP) is 5.88. The Kier molecular flexibility index (Phi) is 4.59. The fraction of sp³-hybridized carbons (Fsp3) is 0.143. The zero-order valence-corrected chi connectivity index (χ0v) is 12.8. The van der Waals surface area contributed by atoms with Crippen molar-refractivity contribution in [3.8, 4) is 16.9 Å². The van der Waals surface area contributed by atoms with Crippen LogP contribution < -0.4 is 4.74 Å². The Balaban J connectivity index is 2.59. The molecule has 1 nitrogen and oxygen atoms in total. The van der Waals surface area contributed by atoms with E-state index in [1.165, 1.54) is 46.9 Å². The maximum Gasteiger partial charge on any atom is 0.573 e.